The zero-order valence-electron chi connectivity index (χ0n) is 13.3. The molecule has 0 radical (unpaired) electrons. The second kappa shape index (κ2) is 6.69. The zero-order valence-corrected chi connectivity index (χ0v) is 14.2. The zero-order chi connectivity index (χ0) is 14.8. The molecule has 1 atom stereocenters. The Morgan fingerprint density at radius 1 is 1.05 bits per heavy atom. The van der Waals surface area contributed by atoms with Crippen LogP contribution >= 0.6 is 11.3 Å². The number of piperidine rings is 1. The van der Waals surface area contributed by atoms with Gasteiger partial charge in [-0.05, 0) is 62.8 Å². The minimum Gasteiger partial charge on any atom is -0.301 e. The molecule has 2 aliphatic rings. The van der Waals surface area contributed by atoms with Crippen LogP contribution in [0.4, 0.5) is 0 Å². The van der Waals surface area contributed by atoms with Gasteiger partial charge in [0.15, 0.2) is 0 Å². The molecule has 0 amide bonds. The van der Waals surface area contributed by atoms with E-state index in [1.54, 1.807) is 4.88 Å². The SMILES string of the molecule is c1ccc2sc(CCN3CCC(N4CCCCC4)C3)cc2c1. The third kappa shape index (κ3) is 3.22. The quantitative estimate of drug-likeness (QED) is 0.841. The molecule has 1 unspecified atom stereocenters. The lowest BCUT2D eigenvalue weighted by Gasteiger charge is -2.32. The molecule has 0 saturated carbocycles. The second-order valence-corrected chi connectivity index (χ2v) is 8.01. The maximum Gasteiger partial charge on any atom is 0.0345 e. The molecule has 1 aromatic heterocycles. The Balaban J connectivity index is 1.30. The van der Waals surface area contributed by atoms with Crippen LogP contribution < -0.4 is 0 Å². The molecule has 2 aromatic rings. The first-order chi connectivity index (χ1) is 10.9. The van der Waals surface area contributed by atoms with E-state index < -0.39 is 0 Å². The van der Waals surface area contributed by atoms with Crippen molar-refractivity contribution in [3.05, 3.63) is 35.2 Å². The minimum absolute atomic E-state index is 0.836. The van der Waals surface area contributed by atoms with Gasteiger partial charge < -0.3 is 4.90 Å². The van der Waals surface area contributed by atoms with E-state index in [9.17, 15) is 0 Å². The number of hydrogen-bond acceptors (Lipinski definition) is 3. The molecular weight excluding hydrogens is 288 g/mol. The fourth-order valence-corrected chi connectivity index (χ4v) is 5.08. The molecule has 1 aromatic carbocycles. The summed E-state index contributed by atoms with van der Waals surface area (Å²) in [7, 11) is 0. The first-order valence-corrected chi connectivity index (χ1v) is 9.64. The molecule has 22 heavy (non-hydrogen) atoms. The van der Waals surface area contributed by atoms with Crippen molar-refractivity contribution in [3.8, 4) is 0 Å². The number of rotatable bonds is 4. The summed E-state index contributed by atoms with van der Waals surface area (Å²) in [4.78, 5) is 6.98. The van der Waals surface area contributed by atoms with Gasteiger partial charge in [-0.25, -0.2) is 0 Å². The van der Waals surface area contributed by atoms with Crippen LogP contribution in [0.25, 0.3) is 10.1 Å². The molecule has 2 aliphatic heterocycles. The molecule has 0 N–H and O–H groups in total. The Labute approximate surface area is 137 Å². The van der Waals surface area contributed by atoms with Crippen LogP contribution in [0.5, 0.6) is 0 Å². The van der Waals surface area contributed by atoms with Gasteiger partial charge in [-0.2, -0.15) is 0 Å². The molecule has 0 bridgehead atoms. The summed E-state index contributed by atoms with van der Waals surface area (Å²) >= 11 is 1.97. The van der Waals surface area contributed by atoms with Gasteiger partial charge in [0.05, 0.1) is 0 Å². The van der Waals surface area contributed by atoms with E-state index in [-0.39, 0.29) is 0 Å². The van der Waals surface area contributed by atoms with Gasteiger partial charge in [0, 0.05) is 28.7 Å². The highest BCUT2D eigenvalue weighted by Gasteiger charge is 2.28. The average molecular weight is 314 g/mol. The molecule has 3 heteroatoms. The minimum atomic E-state index is 0.836. The van der Waals surface area contributed by atoms with E-state index in [0.29, 0.717) is 0 Å². The topological polar surface area (TPSA) is 6.48 Å². The lowest BCUT2D eigenvalue weighted by Crippen LogP contribution is -2.41. The van der Waals surface area contributed by atoms with Crippen molar-refractivity contribution in [1.82, 2.24) is 9.80 Å². The molecule has 2 fully saturated rings. The number of benzene rings is 1. The maximum absolute atomic E-state index is 2.75. The monoisotopic (exact) mass is 314 g/mol. The summed E-state index contributed by atoms with van der Waals surface area (Å²) in [6.45, 7) is 6.51. The molecule has 2 nitrogen and oxygen atoms in total. The maximum atomic E-state index is 2.75. The van der Waals surface area contributed by atoms with Crippen LogP contribution in [0.2, 0.25) is 0 Å². The molecule has 2 saturated heterocycles. The fraction of sp³-hybridized carbons (Fsp3) is 0.579. The number of thiophene rings is 1. The largest absolute Gasteiger partial charge is 0.301 e. The third-order valence-electron chi connectivity index (χ3n) is 5.31. The predicted octanol–water partition coefficient (Wildman–Crippen LogP) is 4.00. The summed E-state index contributed by atoms with van der Waals surface area (Å²) in [5, 5.41) is 1.41. The first kappa shape index (κ1) is 14.7. The van der Waals surface area contributed by atoms with Crippen molar-refractivity contribution in [2.75, 3.05) is 32.7 Å². The van der Waals surface area contributed by atoms with Crippen LogP contribution in [0.15, 0.2) is 30.3 Å². The van der Waals surface area contributed by atoms with Gasteiger partial charge in [-0.3, -0.25) is 4.90 Å². The lowest BCUT2D eigenvalue weighted by atomic mass is 10.1. The van der Waals surface area contributed by atoms with E-state index in [1.807, 2.05) is 11.3 Å². The van der Waals surface area contributed by atoms with Crippen molar-refractivity contribution >= 4 is 21.4 Å². The number of fused-ring (bicyclic) bond motifs is 1. The summed E-state index contributed by atoms with van der Waals surface area (Å²) in [6, 6.07) is 12.0. The van der Waals surface area contributed by atoms with Crippen molar-refractivity contribution in [3.63, 3.8) is 0 Å². The van der Waals surface area contributed by atoms with Gasteiger partial charge in [0.2, 0.25) is 0 Å². The van der Waals surface area contributed by atoms with Crippen LogP contribution in [0.3, 0.4) is 0 Å². The summed E-state index contributed by atoms with van der Waals surface area (Å²) in [5.41, 5.74) is 0. The van der Waals surface area contributed by atoms with E-state index in [2.05, 4.69) is 40.1 Å². The highest BCUT2D eigenvalue weighted by molar-refractivity contribution is 7.19. The van der Waals surface area contributed by atoms with Gasteiger partial charge in [0.1, 0.15) is 0 Å². The highest BCUT2D eigenvalue weighted by Crippen LogP contribution is 2.26. The third-order valence-corrected chi connectivity index (χ3v) is 6.48. The Morgan fingerprint density at radius 2 is 1.91 bits per heavy atom. The summed E-state index contributed by atoms with van der Waals surface area (Å²) in [6.07, 6.45) is 6.87. The second-order valence-electron chi connectivity index (χ2n) is 6.84. The number of likely N-dealkylation sites (tertiary alicyclic amines) is 2. The summed E-state index contributed by atoms with van der Waals surface area (Å²) in [5.74, 6) is 0. The standard InChI is InChI=1S/C19H26N2S/c1-4-10-21(11-5-1)17-8-12-20(15-17)13-9-18-14-16-6-2-3-7-19(16)22-18/h2-3,6-7,14,17H,1,4-5,8-13,15H2. The van der Waals surface area contributed by atoms with Crippen LogP contribution in [-0.4, -0.2) is 48.6 Å². The van der Waals surface area contributed by atoms with Gasteiger partial charge in [0.25, 0.3) is 0 Å². The fourth-order valence-electron chi connectivity index (χ4n) is 4.03. The molecule has 0 aliphatic carbocycles. The molecule has 0 spiro atoms. The van der Waals surface area contributed by atoms with Crippen LogP contribution in [0.1, 0.15) is 30.6 Å². The Bertz CT molecular complexity index is 582. The van der Waals surface area contributed by atoms with E-state index >= 15 is 0 Å². The Kier molecular flexibility index (Phi) is 4.47. The van der Waals surface area contributed by atoms with Crippen molar-refractivity contribution in [2.24, 2.45) is 0 Å². The van der Waals surface area contributed by atoms with Crippen LogP contribution in [0, 0.1) is 0 Å². The van der Waals surface area contributed by atoms with Gasteiger partial charge in [-0.1, -0.05) is 24.6 Å². The lowest BCUT2D eigenvalue weighted by molar-refractivity contribution is 0.162. The Hall–Kier alpha value is -0.900. The van der Waals surface area contributed by atoms with Gasteiger partial charge >= 0.3 is 0 Å². The van der Waals surface area contributed by atoms with E-state index in [1.165, 1.54) is 74.9 Å². The van der Waals surface area contributed by atoms with Crippen molar-refractivity contribution in [2.45, 2.75) is 38.1 Å². The highest BCUT2D eigenvalue weighted by atomic mass is 32.1. The predicted molar refractivity (Wildman–Crippen MR) is 95.8 cm³/mol. The van der Waals surface area contributed by atoms with Gasteiger partial charge in [-0.15, -0.1) is 11.3 Å². The summed E-state index contributed by atoms with van der Waals surface area (Å²) < 4.78 is 1.44. The first-order valence-electron chi connectivity index (χ1n) is 8.82. The number of nitrogens with zero attached hydrogens (tertiary/aromatic N) is 2. The average Bonchev–Trinajstić information content (AvgIpc) is 3.20. The molecular formula is C19H26N2S. The van der Waals surface area contributed by atoms with Crippen molar-refractivity contribution < 1.29 is 0 Å². The van der Waals surface area contributed by atoms with E-state index in [0.717, 1.165) is 6.04 Å². The molecule has 118 valence electrons. The van der Waals surface area contributed by atoms with E-state index in [4.69, 9.17) is 0 Å². The van der Waals surface area contributed by atoms with Crippen molar-refractivity contribution in [1.29, 1.82) is 0 Å². The normalized spacial score (nSPS) is 24.3. The smallest absolute Gasteiger partial charge is 0.0345 e. The number of hydrogen-bond donors (Lipinski definition) is 0. The molecule has 3 heterocycles. The Morgan fingerprint density at radius 3 is 2.77 bits per heavy atom. The van der Waals surface area contributed by atoms with Crippen LogP contribution in [-0.2, 0) is 6.42 Å². The molecule has 4 rings (SSSR count).